The molecule has 2 aliphatic carbocycles. The lowest BCUT2D eigenvalue weighted by Gasteiger charge is -2.25. The maximum absolute atomic E-state index is 6.47. The first-order chi connectivity index (χ1) is 10.3. The Morgan fingerprint density at radius 3 is 2.52 bits per heavy atom. The summed E-state index contributed by atoms with van der Waals surface area (Å²) in [5.41, 5.74) is 1.21. The van der Waals surface area contributed by atoms with Crippen LogP contribution in [-0.2, 0) is 4.74 Å². The minimum absolute atomic E-state index is 0.132. The first-order valence-electron chi connectivity index (χ1n) is 8.45. The summed E-state index contributed by atoms with van der Waals surface area (Å²) in [5, 5.41) is 4.41. The summed E-state index contributed by atoms with van der Waals surface area (Å²) >= 11 is 6.16. The van der Waals surface area contributed by atoms with Crippen LogP contribution in [-0.4, -0.2) is 18.7 Å². The molecular weight excluding hydrogens is 282 g/mol. The van der Waals surface area contributed by atoms with E-state index in [1.165, 1.54) is 56.9 Å². The summed E-state index contributed by atoms with van der Waals surface area (Å²) in [4.78, 5) is 0. The molecule has 0 bridgehead atoms. The minimum atomic E-state index is 0.132. The van der Waals surface area contributed by atoms with Gasteiger partial charge in [0.25, 0.3) is 0 Å². The highest BCUT2D eigenvalue weighted by molar-refractivity contribution is 6.30. The molecule has 0 radical (unpaired) electrons. The van der Waals surface area contributed by atoms with Crippen LogP contribution in [0, 0.1) is 0 Å². The Hall–Kier alpha value is -0.570. The van der Waals surface area contributed by atoms with Crippen molar-refractivity contribution in [2.75, 3.05) is 6.54 Å². The fraction of sp³-hybridized carbons (Fsp3) is 0.667. The molecule has 21 heavy (non-hydrogen) atoms. The molecule has 2 nitrogen and oxygen atoms in total. The molecule has 1 atom stereocenters. The van der Waals surface area contributed by atoms with Crippen molar-refractivity contribution in [3.63, 3.8) is 0 Å². The largest absolute Gasteiger partial charge is 0.369 e. The smallest absolute Gasteiger partial charge is 0.0953 e. The van der Waals surface area contributed by atoms with Crippen molar-refractivity contribution in [1.29, 1.82) is 0 Å². The van der Waals surface area contributed by atoms with Crippen LogP contribution < -0.4 is 5.32 Å². The summed E-state index contributed by atoms with van der Waals surface area (Å²) < 4.78 is 6.47. The molecular formula is C18H26ClNO. The normalized spacial score (nSPS) is 22.0. The van der Waals surface area contributed by atoms with Crippen molar-refractivity contribution in [3.8, 4) is 0 Å². The van der Waals surface area contributed by atoms with E-state index in [9.17, 15) is 0 Å². The fourth-order valence-corrected chi connectivity index (χ4v) is 3.32. The summed E-state index contributed by atoms with van der Waals surface area (Å²) in [7, 11) is 0. The molecule has 3 rings (SSSR count). The standard InChI is InChI=1S/C18H26ClNO/c19-15-7-5-6-14(12-15)18(13-20-16-10-11-16)21-17-8-3-1-2-4-9-17/h5-7,12,16-18,20H,1-4,8-11,13H2. The summed E-state index contributed by atoms with van der Waals surface area (Å²) in [6.07, 6.45) is 10.9. The Labute approximate surface area is 133 Å². The van der Waals surface area contributed by atoms with Gasteiger partial charge in [0.2, 0.25) is 0 Å². The molecule has 0 spiro atoms. The van der Waals surface area contributed by atoms with Crippen molar-refractivity contribution in [1.82, 2.24) is 5.32 Å². The van der Waals surface area contributed by atoms with Gasteiger partial charge in [0, 0.05) is 17.6 Å². The molecule has 0 saturated heterocycles. The van der Waals surface area contributed by atoms with Crippen LogP contribution in [0.2, 0.25) is 5.02 Å². The molecule has 116 valence electrons. The number of rotatable bonds is 6. The SMILES string of the molecule is Clc1cccc(C(CNC2CC2)OC2CCCCCC2)c1. The van der Waals surface area contributed by atoms with E-state index in [1.807, 2.05) is 12.1 Å². The zero-order valence-corrected chi connectivity index (χ0v) is 13.4. The molecule has 0 aromatic heterocycles. The summed E-state index contributed by atoms with van der Waals surface area (Å²) in [6, 6.07) is 8.86. The van der Waals surface area contributed by atoms with Crippen molar-refractivity contribution < 1.29 is 4.74 Å². The van der Waals surface area contributed by atoms with Crippen LogP contribution in [0.15, 0.2) is 24.3 Å². The summed E-state index contributed by atoms with van der Waals surface area (Å²) in [6.45, 7) is 0.904. The van der Waals surface area contributed by atoms with Crippen molar-refractivity contribution >= 4 is 11.6 Å². The van der Waals surface area contributed by atoms with Crippen molar-refractivity contribution in [2.45, 2.75) is 69.6 Å². The lowest BCUT2D eigenvalue weighted by atomic mass is 10.1. The van der Waals surface area contributed by atoms with E-state index >= 15 is 0 Å². The van der Waals surface area contributed by atoms with Gasteiger partial charge in [0.15, 0.2) is 0 Å². The van der Waals surface area contributed by atoms with E-state index in [0.717, 1.165) is 11.6 Å². The Kier molecular flexibility index (Phi) is 5.56. The first-order valence-corrected chi connectivity index (χ1v) is 8.83. The highest BCUT2D eigenvalue weighted by Gasteiger charge is 2.25. The average Bonchev–Trinajstić information content (AvgIpc) is 3.31. The fourth-order valence-electron chi connectivity index (χ4n) is 3.12. The van der Waals surface area contributed by atoms with Gasteiger partial charge in [-0.05, 0) is 43.4 Å². The second-order valence-corrected chi connectivity index (χ2v) is 6.91. The van der Waals surface area contributed by atoms with Gasteiger partial charge in [-0.25, -0.2) is 0 Å². The molecule has 2 fully saturated rings. The zero-order chi connectivity index (χ0) is 14.5. The zero-order valence-electron chi connectivity index (χ0n) is 12.7. The molecule has 0 heterocycles. The second kappa shape index (κ2) is 7.62. The molecule has 2 aliphatic rings. The van der Waals surface area contributed by atoms with Gasteiger partial charge in [-0.15, -0.1) is 0 Å². The van der Waals surface area contributed by atoms with Crippen LogP contribution in [0.3, 0.4) is 0 Å². The number of halogens is 1. The third kappa shape index (κ3) is 4.98. The Balaban J connectivity index is 1.64. The van der Waals surface area contributed by atoms with Crippen LogP contribution in [0.5, 0.6) is 0 Å². The third-order valence-corrected chi connectivity index (χ3v) is 4.78. The monoisotopic (exact) mass is 307 g/mol. The van der Waals surface area contributed by atoms with Crippen molar-refractivity contribution in [3.05, 3.63) is 34.9 Å². The molecule has 0 amide bonds. The first kappa shape index (κ1) is 15.3. The highest BCUT2D eigenvalue weighted by atomic mass is 35.5. The maximum Gasteiger partial charge on any atom is 0.0953 e. The van der Waals surface area contributed by atoms with Crippen LogP contribution in [0.25, 0.3) is 0 Å². The Bertz CT molecular complexity index is 439. The van der Waals surface area contributed by atoms with E-state index in [1.54, 1.807) is 0 Å². The van der Waals surface area contributed by atoms with E-state index in [0.29, 0.717) is 12.1 Å². The van der Waals surface area contributed by atoms with Crippen LogP contribution >= 0.6 is 11.6 Å². The van der Waals surface area contributed by atoms with E-state index in [2.05, 4.69) is 17.4 Å². The minimum Gasteiger partial charge on any atom is -0.369 e. The quantitative estimate of drug-likeness (QED) is 0.757. The lowest BCUT2D eigenvalue weighted by molar-refractivity contribution is -0.0203. The molecule has 2 saturated carbocycles. The third-order valence-electron chi connectivity index (χ3n) is 4.55. The van der Waals surface area contributed by atoms with Gasteiger partial charge in [0.1, 0.15) is 0 Å². The van der Waals surface area contributed by atoms with Gasteiger partial charge in [-0.3, -0.25) is 0 Å². The molecule has 0 aliphatic heterocycles. The van der Waals surface area contributed by atoms with Gasteiger partial charge >= 0.3 is 0 Å². The summed E-state index contributed by atoms with van der Waals surface area (Å²) in [5.74, 6) is 0. The molecule has 1 unspecified atom stereocenters. The Morgan fingerprint density at radius 1 is 1.10 bits per heavy atom. The van der Waals surface area contributed by atoms with E-state index in [-0.39, 0.29) is 6.10 Å². The number of hydrogen-bond donors (Lipinski definition) is 1. The van der Waals surface area contributed by atoms with E-state index in [4.69, 9.17) is 16.3 Å². The highest BCUT2D eigenvalue weighted by Crippen LogP contribution is 2.28. The second-order valence-electron chi connectivity index (χ2n) is 6.48. The molecule has 1 aromatic carbocycles. The molecule has 3 heteroatoms. The van der Waals surface area contributed by atoms with Gasteiger partial charge in [-0.2, -0.15) is 0 Å². The van der Waals surface area contributed by atoms with Gasteiger partial charge in [-0.1, -0.05) is 49.4 Å². The van der Waals surface area contributed by atoms with Gasteiger partial charge in [0.05, 0.1) is 12.2 Å². The number of nitrogens with one attached hydrogen (secondary N) is 1. The lowest BCUT2D eigenvalue weighted by Crippen LogP contribution is -2.28. The van der Waals surface area contributed by atoms with Crippen LogP contribution in [0.4, 0.5) is 0 Å². The topological polar surface area (TPSA) is 21.3 Å². The predicted molar refractivity (Wildman–Crippen MR) is 87.8 cm³/mol. The maximum atomic E-state index is 6.47. The molecule has 1 aromatic rings. The number of ether oxygens (including phenoxy) is 1. The van der Waals surface area contributed by atoms with Crippen LogP contribution in [0.1, 0.15) is 63.0 Å². The Morgan fingerprint density at radius 2 is 1.86 bits per heavy atom. The average molecular weight is 308 g/mol. The molecule has 1 N–H and O–H groups in total. The van der Waals surface area contributed by atoms with E-state index < -0.39 is 0 Å². The van der Waals surface area contributed by atoms with Crippen molar-refractivity contribution in [2.24, 2.45) is 0 Å². The predicted octanol–water partition coefficient (Wildman–Crippen LogP) is 4.87. The van der Waals surface area contributed by atoms with Gasteiger partial charge < -0.3 is 10.1 Å². The number of benzene rings is 1. The number of hydrogen-bond acceptors (Lipinski definition) is 2.